The van der Waals surface area contributed by atoms with Crippen LogP contribution in [0.2, 0.25) is 0 Å². The number of anilines is 3. The molecule has 3 aromatic heterocycles. The van der Waals surface area contributed by atoms with Crippen LogP contribution < -0.4 is 10.0 Å². The van der Waals surface area contributed by atoms with Crippen molar-refractivity contribution in [1.82, 2.24) is 15.1 Å². The fourth-order valence-electron chi connectivity index (χ4n) is 3.83. The van der Waals surface area contributed by atoms with Gasteiger partial charge >= 0.3 is 0 Å². The van der Waals surface area contributed by atoms with Crippen LogP contribution >= 0.6 is 11.3 Å². The van der Waals surface area contributed by atoms with Crippen molar-refractivity contribution in [1.29, 1.82) is 0 Å². The molecule has 0 amide bonds. The van der Waals surface area contributed by atoms with Gasteiger partial charge in [-0.2, -0.15) is 0 Å². The van der Waals surface area contributed by atoms with Gasteiger partial charge in [-0.05, 0) is 63.1 Å². The van der Waals surface area contributed by atoms with Gasteiger partial charge < -0.3 is 9.84 Å². The first-order valence-electron chi connectivity index (χ1n) is 10.9. The summed E-state index contributed by atoms with van der Waals surface area (Å²) in [6.07, 6.45) is 1.53. The third-order valence-electron chi connectivity index (χ3n) is 5.85. The summed E-state index contributed by atoms with van der Waals surface area (Å²) in [5.74, 6) is 0.775. The Kier molecular flexibility index (Phi) is 5.78. The van der Waals surface area contributed by atoms with E-state index in [1.807, 2.05) is 0 Å². The van der Waals surface area contributed by atoms with Gasteiger partial charge in [0.05, 0.1) is 16.0 Å². The van der Waals surface area contributed by atoms with Gasteiger partial charge in [0.15, 0.2) is 0 Å². The molecule has 2 N–H and O–H groups in total. The second-order valence-corrected chi connectivity index (χ2v) is 10.9. The van der Waals surface area contributed by atoms with Crippen LogP contribution in [0.15, 0.2) is 63.6 Å². The zero-order chi connectivity index (χ0) is 24.7. The fourth-order valence-corrected chi connectivity index (χ4v) is 5.78. The van der Waals surface area contributed by atoms with Crippen LogP contribution in [-0.2, 0) is 10.0 Å². The Bertz CT molecular complexity index is 1650. The van der Waals surface area contributed by atoms with Crippen LogP contribution in [-0.4, -0.2) is 23.5 Å². The summed E-state index contributed by atoms with van der Waals surface area (Å²) in [4.78, 5) is 9.90. The Labute approximate surface area is 207 Å². The lowest BCUT2D eigenvalue weighted by atomic mass is 9.99. The first-order chi connectivity index (χ1) is 16.7. The molecule has 2 aromatic carbocycles. The lowest BCUT2D eigenvalue weighted by Gasteiger charge is -2.11. The number of nitrogens with one attached hydrogen (secondary N) is 2. The van der Waals surface area contributed by atoms with Gasteiger partial charge in [0.2, 0.25) is 5.88 Å². The number of aromatic nitrogens is 3. The van der Waals surface area contributed by atoms with E-state index in [1.54, 1.807) is 37.3 Å². The Balaban J connectivity index is 1.45. The molecule has 0 saturated carbocycles. The molecule has 0 bridgehead atoms. The Morgan fingerprint density at radius 2 is 1.71 bits per heavy atom. The van der Waals surface area contributed by atoms with Crippen LogP contribution in [0, 0.1) is 27.7 Å². The van der Waals surface area contributed by atoms with Crippen LogP contribution in [0.3, 0.4) is 0 Å². The molecule has 0 radical (unpaired) electrons. The largest absolute Gasteiger partial charge is 0.340 e. The van der Waals surface area contributed by atoms with Crippen molar-refractivity contribution in [3.05, 3.63) is 76.6 Å². The van der Waals surface area contributed by atoms with E-state index in [9.17, 15) is 8.42 Å². The topological polar surface area (TPSA) is 110 Å². The molecule has 0 aliphatic carbocycles. The molecule has 0 atom stereocenters. The number of fused-ring (bicyclic) bond motifs is 1. The van der Waals surface area contributed by atoms with E-state index in [0.717, 1.165) is 21.3 Å². The van der Waals surface area contributed by atoms with Gasteiger partial charge in [0.25, 0.3) is 10.0 Å². The Morgan fingerprint density at radius 1 is 0.943 bits per heavy atom. The second kappa shape index (κ2) is 8.79. The van der Waals surface area contributed by atoms with Crippen molar-refractivity contribution in [2.75, 3.05) is 10.0 Å². The monoisotopic (exact) mass is 505 g/mol. The maximum atomic E-state index is 12.8. The molecule has 35 heavy (non-hydrogen) atoms. The highest BCUT2D eigenvalue weighted by Crippen LogP contribution is 2.39. The van der Waals surface area contributed by atoms with Gasteiger partial charge in [-0.3, -0.25) is 0 Å². The highest BCUT2D eigenvalue weighted by molar-refractivity contribution is 7.92. The molecule has 10 heteroatoms. The average molecular weight is 506 g/mol. The van der Waals surface area contributed by atoms with Crippen LogP contribution in [0.25, 0.3) is 21.3 Å². The van der Waals surface area contributed by atoms with Crippen LogP contribution in [0.4, 0.5) is 17.4 Å². The summed E-state index contributed by atoms with van der Waals surface area (Å²) in [5, 5.41) is 10.1. The maximum Gasteiger partial charge on any atom is 0.264 e. The zero-order valence-corrected chi connectivity index (χ0v) is 21.2. The first kappa shape index (κ1) is 23.0. The van der Waals surface area contributed by atoms with E-state index in [0.29, 0.717) is 22.8 Å². The molecule has 0 fully saturated rings. The lowest BCUT2D eigenvalue weighted by molar-refractivity contribution is 0.430. The van der Waals surface area contributed by atoms with Gasteiger partial charge in [-0.25, -0.2) is 23.1 Å². The number of nitrogens with zero attached hydrogens (tertiary/aromatic N) is 3. The molecule has 3 heterocycles. The van der Waals surface area contributed by atoms with E-state index in [4.69, 9.17) is 4.52 Å². The van der Waals surface area contributed by atoms with E-state index in [1.165, 1.54) is 29.6 Å². The predicted molar refractivity (Wildman–Crippen MR) is 139 cm³/mol. The van der Waals surface area contributed by atoms with Crippen molar-refractivity contribution >= 4 is 49.0 Å². The first-order valence-corrected chi connectivity index (χ1v) is 13.2. The highest BCUT2D eigenvalue weighted by atomic mass is 32.2. The summed E-state index contributed by atoms with van der Waals surface area (Å²) in [5.41, 5.74) is 6.56. The minimum absolute atomic E-state index is 0.107. The average Bonchev–Trinajstić information content (AvgIpc) is 3.39. The normalized spacial score (nSPS) is 11.7. The SMILES string of the molecule is Cc1ccc(-c2csc3ncnc(Nc4ccc(S(=O)(=O)Nc5onc(C)c5C)cc4)c23)c(C)c1. The molecular weight excluding hydrogens is 482 g/mol. The van der Waals surface area contributed by atoms with Crippen molar-refractivity contribution in [3.63, 3.8) is 0 Å². The van der Waals surface area contributed by atoms with E-state index >= 15 is 0 Å². The molecule has 5 rings (SSSR count). The zero-order valence-electron chi connectivity index (χ0n) is 19.6. The molecule has 0 aliphatic rings. The summed E-state index contributed by atoms with van der Waals surface area (Å²) < 4.78 is 33.1. The summed E-state index contributed by atoms with van der Waals surface area (Å²) in [6, 6.07) is 12.8. The molecule has 8 nitrogen and oxygen atoms in total. The number of aryl methyl sites for hydroxylation is 3. The summed E-state index contributed by atoms with van der Waals surface area (Å²) in [7, 11) is -3.82. The van der Waals surface area contributed by atoms with E-state index in [-0.39, 0.29) is 10.8 Å². The second-order valence-electron chi connectivity index (χ2n) is 8.35. The Hall–Kier alpha value is -3.76. The molecule has 0 aliphatic heterocycles. The van der Waals surface area contributed by atoms with E-state index in [2.05, 4.69) is 62.6 Å². The van der Waals surface area contributed by atoms with Crippen molar-refractivity contribution in [3.8, 4) is 11.1 Å². The standard InChI is InChI=1S/C25H23N5O3S2/c1-14-5-10-20(15(2)11-14)21-12-34-25-22(21)23(26-13-27-25)28-18-6-8-19(9-7-18)35(31,32)30-24-16(3)17(4)29-33-24/h5-13,30H,1-4H3,(H,26,27,28). The van der Waals surface area contributed by atoms with Crippen molar-refractivity contribution < 1.29 is 12.9 Å². The van der Waals surface area contributed by atoms with Crippen molar-refractivity contribution in [2.45, 2.75) is 32.6 Å². The number of benzene rings is 2. The number of hydrogen-bond donors (Lipinski definition) is 2. The molecule has 0 saturated heterocycles. The van der Waals surface area contributed by atoms with Gasteiger partial charge in [0.1, 0.15) is 17.0 Å². The highest BCUT2D eigenvalue weighted by Gasteiger charge is 2.20. The lowest BCUT2D eigenvalue weighted by Crippen LogP contribution is -2.13. The Morgan fingerprint density at radius 3 is 2.40 bits per heavy atom. The molecule has 0 spiro atoms. The summed E-state index contributed by atoms with van der Waals surface area (Å²) in [6.45, 7) is 7.67. The fraction of sp³-hybridized carbons (Fsp3) is 0.160. The third-order valence-corrected chi connectivity index (χ3v) is 8.09. The van der Waals surface area contributed by atoms with Crippen molar-refractivity contribution in [2.24, 2.45) is 0 Å². The van der Waals surface area contributed by atoms with E-state index < -0.39 is 10.0 Å². The smallest absolute Gasteiger partial charge is 0.264 e. The number of rotatable bonds is 6. The number of hydrogen-bond acceptors (Lipinski definition) is 8. The van der Waals surface area contributed by atoms with Crippen LogP contribution in [0.1, 0.15) is 22.4 Å². The number of thiophene rings is 1. The van der Waals surface area contributed by atoms with Gasteiger partial charge in [0, 0.05) is 22.2 Å². The summed E-state index contributed by atoms with van der Waals surface area (Å²) >= 11 is 1.56. The molecule has 178 valence electrons. The minimum atomic E-state index is -3.82. The predicted octanol–water partition coefficient (Wildman–Crippen LogP) is 6.12. The molecule has 5 aromatic rings. The van der Waals surface area contributed by atoms with Gasteiger partial charge in [-0.15, -0.1) is 11.3 Å². The number of sulfonamides is 1. The molecular formula is C25H23N5O3S2. The quantitative estimate of drug-likeness (QED) is 0.286. The van der Waals surface area contributed by atoms with Crippen LogP contribution in [0.5, 0.6) is 0 Å². The van der Waals surface area contributed by atoms with Gasteiger partial charge in [-0.1, -0.05) is 28.9 Å². The minimum Gasteiger partial charge on any atom is -0.340 e. The maximum absolute atomic E-state index is 12.8. The molecule has 0 unspecified atom stereocenters. The third kappa shape index (κ3) is 4.38.